The second-order valence-electron chi connectivity index (χ2n) is 4.79. The summed E-state index contributed by atoms with van der Waals surface area (Å²) in [7, 11) is 0. The van der Waals surface area contributed by atoms with Gasteiger partial charge in [0.2, 0.25) is 0 Å². The molecule has 2 rings (SSSR count). The Labute approximate surface area is 89.3 Å². The average molecular weight is 206 g/mol. The van der Waals surface area contributed by atoms with Crippen LogP contribution in [-0.2, 0) is 11.2 Å². The van der Waals surface area contributed by atoms with Gasteiger partial charge in [0.25, 0.3) is 0 Å². The quantitative estimate of drug-likeness (QED) is 0.726. The van der Waals surface area contributed by atoms with Crippen molar-refractivity contribution in [1.82, 2.24) is 0 Å². The van der Waals surface area contributed by atoms with Gasteiger partial charge in [0.1, 0.15) is 11.6 Å². The second kappa shape index (κ2) is 3.76. The van der Waals surface area contributed by atoms with Crippen molar-refractivity contribution in [3.05, 3.63) is 35.6 Å². The summed E-state index contributed by atoms with van der Waals surface area (Å²) in [5, 5.41) is 0. The zero-order chi connectivity index (χ0) is 10.9. The summed E-state index contributed by atoms with van der Waals surface area (Å²) < 4.78 is 13.4. The van der Waals surface area contributed by atoms with E-state index in [1.54, 1.807) is 6.07 Å². The van der Waals surface area contributed by atoms with Crippen molar-refractivity contribution in [2.24, 2.45) is 5.41 Å². The Balaban J connectivity index is 2.15. The molecule has 0 amide bonds. The maximum absolute atomic E-state index is 13.4. The van der Waals surface area contributed by atoms with Crippen LogP contribution in [0.3, 0.4) is 0 Å². The number of rotatable bonds is 2. The Kier molecular flexibility index (Phi) is 2.59. The fourth-order valence-corrected chi connectivity index (χ4v) is 2.35. The van der Waals surface area contributed by atoms with Crippen LogP contribution in [0.25, 0.3) is 0 Å². The first-order valence-corrected chi connectivity index (χ1v) is 5.34. The predicted molar refractivity (Wildman–Crippen MR) is 57.1 cm³/mol. The van der Waals surface area contributed by atoms with E-state index in [1.165, 1.54) is 6.07 Å². The zero-order valence-corrected chi connectivity index (χ0v) is 8.92. The number of halogens is 1. The average Bonchev–Trinajstić information content (AvgIpc) is 2.51. The van der Waals surface area contributed by atoms with Gasteiger partial charge in [0.15, 0.2) is 0 Å². The van der Waals surface area contributed by atoms with Gasteiger partial charge < -0.3 is 0 Å². The first-order valence-electron chi connectivity index (χ1n) is 5.34. The lowest BCUT2D eigenvalue weighted by Gasteiger charge is -2.22. The number of carbonyl (C=O) groups excluding carboxylic acids is 1. The second-order valence-corrected chi connectivity index (χ2v) is 4.79. The number of hydrogen-bond donors (Lipinski definition) is 0. The Morgan fingerprint density at radius 2 is 2.13 bits per heavy atom. The monoisotopic (exact) mass is 206 g/mol. The zero-order valence-electron chi connectivity index (χ0n) is 8.92. The normalized spacial score (nSPS) is 25.9. The topological polar surface area (TPSA) is 17.1 Å². The molecule has 1 aromatic carbocycles. The first-order chi connectivity index (χ1) is 7.09. The molecule has 1 aromatic rings. The van der Waals surface area contributed by atoms with Gasteiger partial charge in [0, 0.05) is 12.8 Å². The van der Waals surface area contributed by atoms with Gasteiger partial charge in [-0.3, -0.25) is 4.79 Å². The Bertz CT molecular complexity index is 386. The van der Waals surface area contributed by atoms with Crippen LogP contribution in [0.2, 0.25) is 0 Å². The Hall–Kier alpha value is -1.18. The molecule has 1 fully saturated rings. The van der Waals surface area contributed by atoms with E-state index in [-0.39, 0.29) is 11.2 Å². The van der Waals surface area contributed by atoms with Crippen molar-refractivity contribution in [3.63, 3.8) is 0 Å². The molecular weight excluding hydrogens is 191 g/mol. The van der Waals surface area contributed by atoms with Crippen molar-refractivity contribution in [2.45, 2.75) is 32.6 Å². The van der Waals surface area contributed by atoms with Crippen LogP contribution in [0.5, 0.6) is 0 Å². The largest absolute Gasteiger partial charge is 0.300 e. The molecule has 0 heterocycles. The minimum absolute atomic E-state index is 0.0285. The Morgan fingerprint density at radius 1 is 1.40 bits per heavy atom. The summed E-state index contributed by atoms with van der Waals surface area (Å²) >= 11 is 0. The summed E-state index contributed by atoms with van der Waals surface area (Å²) in [6.07, 6.45) is 2.82. The molecule has 0 aliphatic heterocycles. The van der Waals surface area contributed by atoms with Crippen molar-refractivity contribution in [1.29, 1.82) is 0 Å². The molecular formula is C13H15FO. The summed E-state index contributed by atoms with van der Waals surface area (Å²) in [5.74, 6) is 0.159. The maximum Gasteiger partial charge on any atom is 0.133 e. The number of hydrogen-bond acceptors (Lipinski definition) is 1. The van der Waals surface area contributed by atoms with Gasteiger partial charge in [-0.05, 0) is 29.9 Å². The van der Waals surface area contributed by atoms with Crippen LogP contribution in [0, 0.1) is 11.2 Å². The van der Waals surface area contributed by atoms with Crippen LogP contribution >= 0.6 is 0 Å². The van der Waals surface area contributed by atoms with E-state index in [0.29, 0.717) is 25.0 Å². The summed E-state index contributed by atoms with van der Waals surface area (Å²) in [4.78, 5) is 11.2. The number of ketones is 1. The summed E-state index contributed by atoms with van der Waals surface area (Å²) in [5.41, 5.74) is 0.703. The summed E-state index contributed by atoms with van der Waals surface area (Å²) in [6, 6.07) is 6.83. The van der Waals surface area contributed by atoms with Crippen LogP contribution < -0.4 is 0 Å². The van der Waals surface area contributed by atoms with Gasteiger partial charge in [-0.2, -0.15) is 0 Å². The van der Waals surface area contributed by atoms with Gasteiger partial charge in [-0.1, -0.05) is 25.1 Å². The molecule has 1 aliphatic carbocycles. The predicted octanol–water partition coefficient (Wildman–Crippen LogP) is 3.13. The molecule has 1 nitrogen and oxygen atoms in total. The fourth-order valence-electron chi connectivity index (χ4n) is 2.35. The third-order valence-electron chi connectivity index (χ3n) is 3.21. The van der Waals surface area contributed by atoms with Crippen molar-refractivity contribution >= 4 is 5.78 Å². The molecule has 2 heteroatoms. The lowest BCUT2D eigenvalue weighted by molar-refractivity contribution is -0.117. The van der Waals surface area contributed by atoms with E-state index in [1.807, 2.05) is 12.1 Å². The molecule has 0 saturated heterocycles. The highest BCUT2D eigenvalue weighted by Gasteiger charge is 2.34. The van der Waals surface area contributed by atoms with Gasteiger partial charge in [0.05, 0.1) is 0 Å². The minimum Gasteiger partial charge on any atom is -0.300 e. The molecule has 0 bridgehead atoms. The van der Waals surface area contributed by atoms with E-state index in [2.05, 4.69) is 6.92 Å². The maximum atomic E-state index is 13.4. The standard InChI is InChI=1S/C13H15FO/c1-13(7-6-11(15)9-13)8-10-4-2-3-5-12(10)14/h2-5H,6-9H2,1H3. The molecule has 1 unspecified atom stereocenters. The van der Waals surface area contributed by atoms with Crippen LogP contribution in [-0.4, -0.2) is 5.78 Å². The number of carbonyl (C=O) groups is 1. The molecule has 15 heavy (non-hydrogen) atoms. The minimum atomic E-state index is -0.155. The van der Waals surface area contributed by atoms with E-state index in [4.69, 9.17) is 0 Å². The number of Topliss-reactive ketones (excluding diaryl/α,β-unsaturated/α-hetero) is 1. The van der Waals surface area contributed by atoms with E-state index in [9.17, 15) is 9.18 Å². The van der Waals surface area contributed by atoms with E-state index >= 15 is 0 Å². The molecule has 0 N–H and O–H groups in total. The lowest BCUT2D eigenvalue weighted by Crippen LogP contribution is -2.16. The molecule has 0 aromatic heterocycles. The fraction of sp³-hybridized carbons (Fsp3) is 0.462. The smallest absolute Gasteiger partial charge is 0.133 e. The van der Waals surface area contributed by atoms with Crippen molar-refractivity contribution in [3.8, 4) is 0 Å². The SMILES string of the molecule is CC1(Cc2ccccc2F)CCC(=O)C1. The lowest BCUT2D eigenvalue weighted by atomic mass is 9.82. The molecule has 1 aliphatic rings. The number of benzene rings is 1. The van der Waals surface area contributed by atoms with Gasteiger partial charge in [-0.25, -0.2) is 4.39 Å². The molecule has 1 saturated carbocycles. The third-order valence-corrected chi connectivity index (χ3v) is 3.21. The van der Waals surface area contributed by atoms with Crippen LogP contribution in [0.4, 0.5) is 4.39 Å². The molecule has 1 atom stereocenters. The third kappa shape index (κ3) is 2.25. The highest BCUT2D eigenvalue weighted by atomic mass is 19.1. The molecule has 0 spiro atoms. The van der Waals surface area contributed by atoms with Crippen LogP contribution in [0.15, 0.2) is 24.3 Å². The van der Waals surface area contributed by atoms with Crippen LogP contribution in [0.1, 0.15) is 31.7 Å². The van der Waals surface area contributed by atoms with Gasteiger partial charge >= 0.3 is 0 Å². The highest BCUT2D eigenvalue weighted by Crippen LogP contribution is 2.38. The van der Waals surface area contributed by atoms with Crippen molar-refractivity contribution in [2.75, 3.05) is 0 Å². The highest BCUT2D eigenvalue weighted by molar-refractivity contribution is 5.81. The van der Waals surface area contributed by atoms with Crippen molar-refractivity contribution < 1.29 is 9.18 Å². The van der Waals surface area contributed by atoms with E-state index in [0.717, 1.165) is 12.0 Å². The molecule has 80 valence electrons. The molecule has 0 radical (unpaired) electrons. The van der Waals surface area contributed by atoms with E-state index < -0.39 is 0 Å². The Morgan fingerprint density at radius 3 is 2.73 bits per heavy atom. The summed E-state index contributed by atoms with van der Waals surface area (Å²) in [6.45, 7) is 2.07. The first kappa shape index (κ1) is 10.3. The van der Waals surface area contributed by atoms with Gasteiger partial charge in [-0.15, -0.1) is 0 Å².